The Morgan fingerprint density at radius 3 is 2.61 bits per heavy atom. The Labute approximate surface area is 107 Å². The predicted octanol–water partition coefficient (Wildman–Crippen LogP) is 2.00. The van der Waals surface area contributed by atoms with Crippen LogP contribution in [-0.2, 0) is 13.2 Å². The number of aliphatic hydroxyl groups excluding tert-OH is 1. The number of hydrogen-bond donors (Lipinski definition) is 1. The maximum Gasteiger partial charge on any atom is 0.225 e. The van der Waals surface area contributed by atoms with E-state index in [0.29, 0.717) is 11.6 Å². The van der Waals surface area contributed by atoms with Crippen molar-refractivity contribution in [2.24, 2.45) is 0 Å². The average molecular weight is 243 g/mol. The Hall–Kier alpha value is -1.94. The summed E-state index contributed by atoms with van der Waals surface area (Å²) >= 11 is 0. The van der Waals surface area contributed by atoms with Crippen LogP contribution < -0.4 is 4.90 Å². The molecule has 0 aliphatic heterocycles. The summed E-state index contributed by atoms with van der Waals surface area (Å²) in [6, 6.07) is 11.9. The van der Waals surface area contributed by atoms with Gasteiger partial charge < -0.3 is 10.0 Å². The molecule has 0 bridgehead atoms. The molecule has 4 heteroatoms. The predicted molar refractivity (Wildman–Crippen MR) is 71.1 cm³/mol. The van der Waals surface area contributed by atoms with Gasteiger partial charge in [0.05, 0.1) is 12.3 Å². The van der Waals surface area contributed by atoms with Crippen molar-refractivity contribution in [2.75, 3.05) is 11.4 Å². The van der Waals surface area contributed by atoms with E-state index in [4.69, 9.17) is 5.11 Å². The van der Waals surface area contributed by atoms with Gasteiger partial charge >= 0.3 is 0 Å². The Bertz CT molecular complexity index is 487. The summed E-state index contributed by atoms with van der Waals surface area (Å²) in [6.45, 7) is 3.60. The molecule has 0 atom stereocenters. The lowest BCUT2D eigenvalue weighted by Gasteiger charge is -2.21. The van der Waals surface area contributed by atoms with E-state index in [1.54, 1.807) is 12.3 Å². The number of hydrogen-bond acceptors (Lipinski definition) is 4. The minimum atomic E-state index is -0.0571. The van der Waals surface area contributed by atoms with Crippen LogP contribution in [0.3, 0.4) is 0 Å². The summed E-state index contributed by atoms with van der Waals surface area (Å²) in [6.07, 6.45) is 1.68. The highest BCUT2D eigenvalue weighted by Gasteiger charge is 2.08. The first kappa shape index (κ1) is 12.5. The van der Waals surface area contributed by atoms with E-state index in [0.717, 1.165) is 13.1 Å². The van der Waals surface area contributed by atoms with Gasteiger partial charge in [-0.15, -0.1) is 0 Å². The molecule has 0 radical (unpaired) electrons. The fourth-order valence-electron chi connectivity index (χ4n) is 1.75. The summed E-state index contributed by atoms with van der Waals surface area (Å²) < 4.78 is 0. The molecule has 0 spiro atoms. The topological polar surface area (TPSA) is 49.2 Å². The summed E-state index contributed by atoms with van der Waals surface area (Å²) in [5, 5.41) is 9.10. The molecule has 1 aromatic heterocycles. The maximum atomic E-state index is 9.10. The molecule has 0 saturated carbocycles. The van der Waals surface area contributed by atoms with Gasteiger partial charge in [-0.2, -0.15) is 0 Å². The van der Waals surface area contributed by atoms with Crippen molar-refractivity contribution in [3.63, 3.8) is 0 Å². The number of aromatic nitrogens is 2. The Kier molecular flexibility index (Phi) is 4.25. The van der Waals surface area contributed by atoms with Crippen LogP contribution in [-0.4, -0.2) is 21.6 Å². The molecule has 0 aliphatic rings. The van der Waals surface area contributed by atoms with E-state index < -0.39 is 0 Å². The molecule has 0 unspecified atom stereocenters. The monoisotopic (exact) mass is 243 g/mol. The van der Waals surface area contributed by atoms with Crippen molar-refractivity contribution in [3.8, 4) is 0 Å². The van der Waals surface area contributed by atoms with E-state index in [2.05, 4.69) is 33.9 Å². The lowest BCUT2D eigenvalue weighted by Crippen LogP contribution is -2.24. The first-order valence-electron chi connectivity index (χ1n) is 6.05. The van der Waals surface area contributed by atoms with Gasteiger partial charge in [-0.25, -0.2) is 9.97 Å². The van der Waals surface area contributed by atoms with Crippen LogP contribution in [0.1, 0.15) is 18.2 Å². The van der Waals surface area contributed by atoms with Crippen LogP contribution in [0.4, 0.5) is 5.95 Å². The number of rotatable bonds is 5. The van der Waals surface area contributed by atoms with Crippen molar-refractivity contribution in [1.82, 2.24) is 9.97 Å². The maximum absolute atomic E-state index is 9.10. The molecular formula is C14H17N3O. The van der Waals surface area contributed by atoms with Crippen molar-refractivity contribution in [3.05, 3.63) is 53.9 Å². The first-order chi connectivity index (χ1) is 8.83. The number of anilines is 1. The second-order valence-electron chi connectivity index (χ2n) is 4.01. The third kappa shape index (κ3) is 3.05. The van der Waals surface area contributed by atoms with E-state index in [-0.39, 0.29) is 6.61 Å². The van der Waals surface area contributed by atoms with Gasteiger partial charge in [0.1, 0.15) is 0 Å². The minimum Gasteiger partial charge on any atom is -0.390 e. The summed E-state index contributed by atoms with van der Waals surface area (Å²) in [5.41, 5.74) is 1.86. The van der Waals surface area contributed by atoms with Crippen LogP contribution in [0, 0.1) is 0 Å². The highest BCUT2D eigenvalue weighted by molar-refractivity contribution is 5.32. The highest BCUT2D eigenvalue weighted by Crippen LogP contribution is 2.12. The molecule has 0 amide bonds. The van der Waals surface area contributed by atoms with Crippen LogP contribution in [0.2, 0.25) is 0 Å². The van der Waals surface area contributed by atoms with Crippen LogP contribution >= 0.6 is 0 Å². The third-order valence-electron chi connectivity index (χ3n) is 2.74. The van der Waals surface area contributed by atoms with Crippen LogP contribution in [0.5, 0.6) is 0 Å². The average Bonchev–Trinajstić information content (AvgIpc) is 2.46. The van der Waals surface area contributed by atoms with Gasteiger partial charge in [0.25, 0.3) is 0 Å². The Balaban J connectivity index is 2.17. The largest absolute Gasteiger partial charge is 0.390 e. The van der Waals surface area contributed by atoms with Gasteiger partial charge in [-0.05, 0) is 18.6 Å². The molecular weight excluding hydrogens is 226 g/mol. The molecule has 2 aromatic rings. The van der Waals surface area contributed by atoms with Gasteiger partial charge in [-0.1, -0.05) is 30.3 Å². The van der Waals surface area contributed by atoms with Gasteiger partial charge in [0.2, 0.25) is 5.95 Å². The van der Waals surface area contributed by atoms with Gasteiger partial charge in [-0.3, -0.25) is 0 Å². The zero-order valence-electron chi connectivity index (χ0n) is 10.5. The van der Waals surface area contributed by atoms with Gasteiger partial charge in [0.15, 0.2) is 0 Å². The van der Waals surface area contributed by atoms with Crippen molar-refractivity contribution in [2.45, 2.75) is 20.1 Å². The van der Waals surface area contributed by atoms with Crippen molar-refractivity contribution < 1.29 is 5.11 Å². The molecule has 2 rings (SSSR count). The smallest absolute Gasteiger partial charge is 0.225 e. The molecule has 18 heavy (non-hydrogen) atoms. The molecule has 1 aromatic carbocycles. The summed E-state index contributed by atoms with van der Waals surface area (Å²) in [7, 11) is 0. The summed E-state index contributed by atoms with van der Waals surface area (Å²) in [4.78, 5) is 10.7. The normalized spacial score (nSPS) is 10.3. The van der Waals surface area contributed by atoms with Crippen molar-refractivity contribution >= 4 is 5.95 Å². The molecule has 0 aliphatic carbocycles. The lowest BCUT2D eigenvalue weighted by atomic mass is 10.2. The molecule has 4 nitrogen and oxygen atoms in total. The van der Waals surface area contributed by atoms with E-state index in [9.17, 15) is 0 Å². The molecule has 94 valence electrons. The second-order valence-corrected chi connectivity index (χ2v) is 4.01. The number of aliphatic hydroxyl groups is 1. The standard InChI is InChI=1S/C14H17N3O/c1-2-17(10-12-6-4-3-5-7-12)14-15-9-8-13(11-18)16-14/h3-9,18H,2,10-11H2,1H3. The van der Waals surface area contributed by atoms with Crippen LogP contribution in [0.25, 0.3) is 0 Å². The molecule has 0 saturated heterocycles. The number of nitrogens with zero attached hydrogens (tertiary/aromatic N) is 3. The van der Waals surface area contributed by atoms with E-state index in [1.165, 1.54) is 5.56 Å². The molecule has 1 N–H and O–H groups in total. The van der Waals surface area contributed by atoms with E-state index in [1.807, 2.05) is 18.2 Å². The molecule has 1 heterocycles. The third-order valence-corrected chi connectivity index (χ3v) is 2.74. The number of benzene rings is 1. The summed E-state index contributed by atoms with van der Waals surface area (Å²) in [5.74, 6) is 0.660. The second kappa shape index (κ2) is 6.12. The lowest BCUT2D eigenvalue weighted by molar-refractivity contribution is 0.276. The van der Waals surface area contributed by atoms with E-state index >= 15 is 0 Å². The van der Waals surface area contributed by atoms with Gasteiger partial charge in [0, 0.05) is 19.3 Å². The SMILES string of the molecule is CCN(Cc1ccccc1)c1nccc(CO)n1. The zero-order valence-corrected chi connectivity index (χ0v) is 10.5. The minimum absolute atomic E-state index is 0.0571. The fourth-order valence-corrected chi connectivity index (χ4v) is 1.75. The first-order valence-corrected chi connectivity index (χ1v) is 6.05. The molecule has 0 fully saturated rings. The Morgan fingerprint density at radius 1 is 1.17 bits per heavy atom. The van der Waals surface area contributed by atoms with Crippen LogP contribution in [0.15, 0.2) is 42.6 Å². The van der Waals surface area contributed by atoms with Crippen molar-refractivity contribution in [1.29, 1.82) is 0 Å². The Morgan fingerprint density at radius 2 is 1.94 bits per heavy atom. The zero-order chi connectivity index (χ0) is 12.8. The highest BCUT2D eigenvalue weighted by atomic mass is 16.3. The quantitative estimate of drug-likeness (QED) is 0.872. The fraction of sp³-hybridized carbons (Fsp3) is 0.286.